The third-order valence-corrected chi connectivity index (χ3v) is 6.29. The number of hydrogen-bond donors (Lipinski definition) is 4. The molecule has 34 heavy (non-hydrogen) atoms. The van der Waals surface area contributed by atoms with Crippen LogP contribution in [-0.4, -0.2) is 34.4 Å². The molecule has 1 aliphatic heterocycles. The zero-order valence-electron chi connectivity index (χ0n) is 20.5. The van der Waals surface area contributed by atoms with Crippen LogP contribution in [0.1, 0.15) is 107 Å². The number of carbonyl (C=O) groups is 3. The molecule has 0 radical (unpaired) electrons. The third kappa shape index (κ3) is 11.5. The van der Waals surface area contributed by atoms with Gasteiger partial charge in [0.15, 0.2) is 0 Å². The van der Waals surface area contributed by atoms with Crippen LogP contribution in [0, 0.1) is 0 Å². The number of nitrogens with one attached hydrogen (secondary N) is 2. The van der Waals surface area contributed by atoms with Gasteiger partial charge in [-0.15, -0.1) is 0 Å². The Labute approximate surface area is 203 Å². The number of carbonyl (C=O) groups excluding carboxylic acids is 2. The molecular formula is C26H42N4O4. The van der Waals surface area contributed by atoms with Crippen LogP contribution in [0.2, 0.25) is 0 Å². The molecule has 1 aliphatic rings. The summed E-state index contributed by atoms with van der Waals surface area (Å²) in [6.07, 6.45) is 13.6. The van der Waals surface area contributed by atoms with Crippen molar-refractivity contribution in [1.82, 2.24) is 10.3 Å². The molecule has 2 rings (SSSR count). The molecule has 2 amide bonds. The van der Waals surface area contributed by atoms with Crippen molar-refractivity contribution in [3.63, 3.8) is 0 Å². The fourth-order valence-corrected chi connectivity index (χ4v) is 4.34. The van der Waals surface area contributed by atoms with E-state index in [1.54, 1.807) is 0 Å². The van der Waals surface area contributed by atoms with Crippen LogP contribution in [-0.2, 0) is 33.8 Å². The minimum atomic E-state index is -0.716. The van der Waals surface area contributed by atoms with Crippen LogP contribution in [0.25, 0.3) is 0 Å². The highest BCUT2D eigenvalue weighted by atomic mass is 16.4. The number of amides is 2. The number of primary amides is 1. The monoisotopic (exact) mass is 474 g/mol. The first-order chi connectivity index (χ1) is 16.5. The molecule has 0 fully saturated rings. The Morgan fingerprint density at radius 2 is 1.59 bits per heavy atom. The number of aromatic nitrogens is 1. The second kappa shape index (κ2) is 16.1. The number of hydrogen-bond acceptors (Lipinski definition) is 5. The van der Waals surface area contributed by atoms with Crippen molar-refractivity contribution >= 4 is 23.6 Å². The maximum absolute atomic E-state index is 12.3. The lowest BCUT2D eigenvalue weighted by molar-refractivity contribution is -0.137. The molecule has 0 atom stereocenters. The van der Waals surface area contributed by atoms with Crippen LogP contribution >= 0.6 is 0 Å². The van der Waals surface area contributed by atoms with Gasteiger partial charge in [-0.05, 0) is 62.1 Å². The standard InChI is InChI=1S/C26H42N4O4/c27-23(31)14-8-5-6-9-15-24(32)29-19-21-18-20-12-11-17-28-26(20)30-22(21)13-7-3-1-2-4-10-16-25(33)34/h18H,1-17,19H2,(H2,27,31)(H,28,30)(H,29,32)(H,33,34). The van der Waals surface area contributed by atoms with Gasteiger partial charge in [-0.1, -0.05) is 38.5 Å². The summed E-state index contributed by atoms with van der Waals surface area (Å²) in [5.74, 6) is 0.0593. The van der Waals surface area contributed by atoms with E-state index in [4.69, 9.17) is 15.8 Å². The summed E-state index contributed by atoms with van der Waals surface area (Å²) in [6.45, 7) is 1.45. The normalized spacial score (nSPS) is 12.6. The van der Waals surface area contributed by atoms with Crippen LogP contribution in [0.4, 0.5) is 5.82 Å². The molecule has 8 heteroatoms. The molecule has 0 aliphatic carbocycles. The second-order valence-electron chi connectivity index (χ2n) is 9.30. The summed E-state index contributed by atoms with van der Waals surface area (Å²) in [5, 5.41) is 15.2. The smallest absolute Gasteiger partial charge is 0.303 e. The number of carboxylic acid groups (broad SMARTS) is 1. The van der Waals surface area contributed by atoms with E-state index in [2.05, 4.69) is 16.7 Å². The minimum absolute atomic E-state index is 0.0538. The zero-order valence-corrected chi connectivity index (χ0v) is 20.5. The van der Waals surface area contributed by atoms with Gasteiger partial charge in [0.1, 0.15) is 5.82 Å². The molecule has 1 aromatic rings. The van der Waals surface area contributed by atoms with E-state index >= 15 is 0 Å². The van der Waals surface area contributed by atoms with Crippen LogP contribution in [0.5, 0.6) is 0 Å². The summed E-state index contributed by atoms with van der Waals surface area (Å²) in [4.78, 5) is 38.6. The number of unbranched alkanes of at least 4 members (excludes halogenated alkanes) is 8. The summed E-state index contributed by atoms with van der Waals surface area (Å²) >= 11 is 0. The Balaban J connectivity index is 1.76. The Bertz CT molecular complexity index is 797. The van der Waals surface area contributed by atoms with E-state index in [0.29, 0.717) is 19.4 Å². The van der Waals surface area contributed by atoms with Gasteiger partial charge in [-0.2, -0.15) is 0 Å². The molecule has 0 aromatic carbocycles. The van der Waals surface area contributed by atoms with Crippen molar-refractivity contribution in [3.8, 4) is 0 Å². The van der Waals surface area contributed by atoms with Gasteiger partial charge >= 0.3 is 5.97 Å². The zero-order chi connectivity index (χ0) is 24.6. The van der Waals surface area contributed by atoms with Gasteiger partial charge in [0.2, 0.25) is 11.8 Å². The van der Waals surface area contributed by atoms with E-state index < -0.39 is 5.97 Å². The number of aryl methyl sites for hydroxylation is 2. The molecular weight excluding hydrogens is 432 g/mol. The first-order valence-corrected chi connectivity index (χ1v) is 13.0. The fraction of sp³-hybridized carbons (Fsp3) is 0.692. The lowest BCUT2D eigenvalue weighted by Gasteiger charge is -2.20. The number of nitrogens with two attached hydrogens (primary N) is 1. The van der Waals surface area contributed by atoms with E-state index in [1.165, 1.54) is 5.56 Å². The van der Waals surface area contributed by atoms with Crippen molar-refractivity contribution in [2.75, 3.05) is 11.9 Å². The molecule has 0 saturated heterocycles. The van der Waals surface area contributed by atoms with Crippen LogP contribution in [0.15, 0.2) is 6.07 Å². The molecule has 190 valence electrons. The maximum atomic E-state index is 12.3. The lowest BCUT2D eigenvalue weighted by Crippen LogP contribution is -2.24. The highest BCUT2D eigenvalue weighted by Crippen LogP contribution is 2.24. The Morgan fingerprint density at radius 1 is 0.941 bits per heavy atom. The summed E-state index contributed by atoms with van der Waals surface area (Å²) in [7, 11) is 0. The number of pyridine rings is 1. The fourth-order valence-electron chi connectivity index (χ4n) is 4.34. The van der Waals surface area contributed by atoms with Crippen molar-refractivity contribution in [2.45, 2.75) is 109 Å². The van der Waals surface area contributed by atoms with Gasteiger partial charge < -0.3 is 21.5 Å². The van der Waals surface area contributed by atoms with Crippen LogP contribution < -0.4 is 16.4 Å². The topological polar surface area (TPSA) is 134 Å². The number of rotatable bonds is 18. The summed E-state index contributed by atoms with van der Waals surface area (Å²) in [6, 6.07) is 2.21. The average molecular weight is 475 g/mol. The van der Waals surface area contributed by atoms with Crippen molar-refractivity contribution < 1.29 is 19.5 Å². The third-order valence-electron chi connectivity index (χ3n) is 6.29. The molecule has 0 unspecified atom stereocenters. The molecule has 0 saturated carbocycles. The Hall–Kier alpha value is -2.64. The van der Waals surface area contributed by atoms with Gasteiger partial charge in [0.05, 0.1) is 0 Å². The second-order valence-corrected chi connectivity index (χ2v) is 9.30. The molecule has 0 bridgehead atoms. The summed E-state index contributed by atoms with van der Waals surface area (Å²) in [5.41, 5.74) is 8.55. The molecule has 2 heterocycles. The van der Waals surface area contributed by atoms with Gasteiger partial charge in [-0.25, -0.2) is 4.98 Å². The van der Waals surface area contributed by atoms with Crippen LogP contribution in [0.3, 0.4) is 0 Å². The lowest BCUT2D eigenvalue weighted by atomic mass is 10.00. The average Bonchev–Trinajstić information content (AvgIpc) is 2.81. The largest absolute Gasteiger partial charge is 0.481 e. The van der Waals surface area contributed by atoms with E-state index in [9.17, 15) is 14.4 Å². The molecule has 0 spiro atoms. The van der Waals surface area contributed by atoms with Crippen molar-refractivity contribution in [1.29, 1.82) is 0 Å². The summed E-state index contributed by atoms with van der Waals surface area (Å²) < 4.78 is 0. The van der Waals surface area contributed by atoms with Crippen molar-refractivity contribution in [2.24, 2.45) is 5.73 Å². The van der Waals surface area contributed by atoms with Gasteiger partial charge in [0.25, 0.3) is 0 Å². The number of aliphatic carboxylic acids is 1. The number of anilines is 1. The predicted octanol–water partition coefficient (Wildman–Crippen LogP) is 4.24. The van der Waals surface area contributed by atoms with Crippen molar-refractivity contribution in [3.05, 3.63) is 22.9 Å². The molecule has 1 aromatic heterocycles. The number of fused-ring (bicyclic) bond motifs is 1. The maximum Gasteiger partial charge on any atom is 0.303 e. The van der Waals surface area contributed by atoms with E-state index in [-0.39, 0.29) is 18.2 Å². The van der Waals surface area contributed by atoms with E-state index in [0.717, 1.165) is 107 Å². The quantitative estimate of drug-likeness (QED) is 0.235. The number of nitrogens with zero attached hydrogens (tertiary/aromatic N) is 1. The predicted molar refractivity (Wildman–Crippen MR) is 133 cm³/mol. The number of carboxylic acids is 1. The highest BCUT2D eigenvalue weighted by molar-refractivity contribution is 5.76. The molecule has 5 N–H and O–H groups in total. The molecule has 8 nitrogen and oxygen atoms in total. The van der Waals surface area contributed by atoms with Gasteiger partial charge in [0, 0.05) is 38.0 Å². The minimum Gasteiger partial charge on any atom is -0.481 e. The first kappa shape index (κ1) is 27.6. The Morgan fingerprint density at radius 3 is 2.29 bits per heavy atom. The van der Waals surface area contributed by atoms with E-state index in [1.807, 2.05) is 0 Å². The SMILES string of the molecule is NC(=O)CCCCCCC(=O)NCc1cc2c(nc1CCCCCCCCC(=O)O)NCCC2. The van der Waals surface area contributed by atoms with Gasteiger partial charge in [-0.3, -0.25) is 14.4 Å². The Kier molecular flexibility index (Phi) is 13.0. The first-order valence-electron chi connectivity index (χ1n) is 13.0. The highest BCUT2D eigenvalue weighted by Gasteiger charge is 2.15.